The Bertz CT molecular complexity index is 837. The number of sulfone groups is 1. The zero-order valence-electron chi connectivity index (χ0n) is 14.2. The summed E-state index contributed by atoms with van der Waals surface area (Å²) in [5.41, 5.74) is 1.21. The number of hydrogen-bond acceptors (Lipinski definition) is 7. The Morgan fingerprint density at radius 2 is 1.68 bits per heavy atom. The number of rotatable bonds is 4. The van der Waals surface area contributed by atoms with Gasteiger partial charge in [0.05, 0.1) is 18.1 Å². The number of hydrogen-bond donors (Lipinski definition) is 0. The van der Waals surface area contributed by atoms with Crippen LogP contribution in [0.4, 0.5) is 0 Å². The largest absolute Gasteiger partial charge is 0.424 e. The number of piperazine rings is 1. The quantitative estimate of drug-likeness (QED) is 0.798. The summed E-state index contributed by atoms with van der Waals surface area (Å²) in [5.74, 6) is 1.52. The van der Waals surface area contributed by atoms with Gasteiger partial charge in [0.15, 0.2) is 9.84 Å². The second kappa shape index (κ2) is 6.51. The number of aromatic nitrogens is 2. The summed E-state index contributed by atoms with van der Waals surface area (Å²) in [7, 11) is -3.02. The van der Waals surface area contributed by atoms with Crippen molar-refractivity contribution in [2.75, 3.05) is 24.6 Å². The molecule has 0 N–H and O–H groups in total. The SMILES string of the molecule is Cc1nnc(CN2CCN(Cc3ccccc3)[C@H]3CS(=O)(=O)C[C@H]32)o1. The highest BCUT2D eigenvalue weighted by atomic mass is 32.2. The van der Waals surface area contributed by atoms with Crippen LogP contribution in [0.2, 0.25) is 0 Å². The second-order valence-corrected chi connectivity index (χ2v) is 9.01. The Kier molecular flexibility index (Phi) is 4.35. The van der Waals surface area contributed by atoms with E-state index in [0.717, 1.165) is 19.6 Å². The van der Waals surface area contributed by atoms with Crippen molar-refractivity contribution in [3.63, 3.8) is 0 Å². The Balaban J connectivity index is 1.53. The Hall–Kier alpha value is -1.77. The molecule has 2 aliphatic heterocycles. The van der Waals surface area contributed by atoms with Crippen molar-refractivity contribution in [1.29, 1.82) is 0 Å². The summed E-state index contributed by atoms with van der Waals surface area (Å²) >= 11 is 0. The molecule has 2 saturated heterocycles. The molecule has 25 heavy (non-hydrogen) atoms. The summed E-state index contributed by atoms with van der Waals surface area (Å²) in [4.78, 5) is 4.49. The van der Waals surface area contributed by atoms with Crippen molar-refractivity contribution in [2.45, 2.75) is 32.1 Å². The third kappa shape index (κ3) is 3.61. The van der Waals surface area contributed by atoms with E-state index in [-0.39, 0.29) is 23.6 Å². The second-order valence-electron chi connectivity index (χ2n) is 6.85. The van der Waals surface area contributed by atoms with Gasteiger partial charge in [-0.2, -0.15) is 0 Å². The van der Waals surface area contributed by atoms with Crippen LogP contribution < -0.4 is 0 Å². The summed E-state index contributed by atoms with van der Waals surface area (Å²) in [6.07, 6.45) is 0. The zero-order valence-corrected chi connectivity index (χ0v) is 15.0. The fraction of sp³-hybridized carbons (Fsp3) is 0.529. The molecule has 0 bridgehead atoms. The van der Waals surface area contributed by atoms with Crippen molar-refractivity contribution in [3.05, 3.63) is 47.7 Å². The molecule has 2 fully saturated rings. The Labute approximate surface area is 147 Å². The third-order valence-electron chi connectivity index (χ3n) is 5.04. The van der Waals surface area contributed by atoms with E-state index in [0.29, 0.717) is 18.3 Å². The molecule has 1 aromatic heterocycles. The van der Waals surface area contributed by atoms with Crippen LogP contribution in [0.15, 0.2) is 34.7 Å². The lowest BCUT2D eigenvalue weighted by molar-refractivity contribution is 0.0305. The minimum atomic E-state index is -3.02. The maximum absolute atomic E-state index is 12.3. The monoisotopic (exact) mass is 362 g/mol. The molecule has 2 aliphatic rings. The van der Waals surface area contributed by atoms with E-state index < -0.39 is 9.84 Å². The molecular formula is C17H22N4O3S. The lowest BCUT2D eigenvalue weighted by Crippen LogP contribution is -2.58. The van der Waals surface area contributed by atoms with Gasteiger partial charge in [-0.3, -0.25) is 9.80 Å². The van der Waals surface area contributed by atoms with Gasteiger partial charge >= 0.3 is 0 Å². The predicted octanol–water partition coefficient (Wildman–Crippen LogP) is 0.861. The fourth-order valence-corrected chi connectivity index (χ4v) is 5.92. The van der Waals surface area contributed by atoms with Crippen molar-refractivity contribution in [2.24, 2.45) is 0 Å². The summed E-state index contributed by atoms with van der Waals surface area (Å²) in [6, 6.07) is 10.2. The van der Waals surface area contributed by atoms with E-state index in [9.17, 15) is 8.42 Å². The van der Waals surface area contributed by atoms with E-state index in [1.165, 1.54) is 5.56 Å². The number of benzene rings is 1. The number of aryl methyl sites for hydroxylation is 1. The van der Waals surface area contributed by atoms with Crippen LogP contribution in [0.1, 0.15) is 17.3 Å². The van der Waals surface area contributed by atoms with Gasteiger partial charge in [-0.05, 0) is 5.56 Å². The third-order valence-corrected chi connectivity index (χ3v) is 6.74. The number of nitrogens with zero attached hydrogens (tertiary/aromatic N) is 4. The van der Waals surface area contributed by atoms with Crippen LogP contribution in [-0.2, 0) is 22.9 Å². The molecule has 0 saturated carbocycles. The van der Waals surface area contributed by atoms with Crippen molar-refractivity contribution in [3.8, 4) is 0 Å². The van der Waals surface area contributed by atoms with Gasteiger partial charge in [0.1, 0.15) is 0 Å². The molecule has 0 aliphatic carbocycles. The molecule has 7 nitrogen and oxygen atoms in total. The van der Waals surface area contributed by atoms with Crippen LogP contribution in [0.3, 0.4) is 0 Å². The molecule has 0 radical (unpaired) electrons. The highest BCUT2D eigenvalue weighted by Gasteiger charge is 2.46. The first-order chi connectivity index (χ1) is 12.0. The van der Waals surface area contributed by atoms with Gasteiger partial charge in [0, 0.05) is 38.6 Å². The molecule has 4 rings (SSSR count). The highest BCUT2D eigenvalue weighted by Crippen LogP contribution is 2.29. The van der Waals surface area contributed by atoms with Gasteiger partial charge in [0.2, 0.25) is 11.8 Å². The minimum absolute atomic E-state index is 0.0166. The maximum atomic E-state index is 12.3. The van der Waals surface area contributed by atoms with Crippen LogP contribution in [0.25, 0.3) is 0 Å². The molecule has 1 aromatic carbocycles. The van der Waals surface area contributed by atoms with E-state index in [1.807, 2.05) is 18.2 Å². The number of fused-ring (bicyclic) bond motifs is 1. The fourth-order valence-electron chi connectivity index (χ4n) is 3.88. The van der Waals surface area contributed by atoms with E-state index in [4.69, 9.17) is 4.42 Å². The van der Waals surface area contributed by atoms with Crippen LogP contribution in [0, 0.1) is 6.92 Å². The Morgan fingerprint density at radius 1 is 1.04 bits per heavy atom. The molecule has 3 heterocycles. The standard InChI is InChI=1S/C17H22N4O3S/c1-13-18-19-17(24-13)10-21-8-7-20(9-14-5-3-2-4-6-14)15-11-25(22,23)12-16(15)21/h2-6,15-16H,7-12H2,1H3/t15-,16+/m0/s1. The maximum Gasteiger partial charge on any atom is 0.230 e. The molecule has 2 atom stereocenters. The van der Waals surface area contributed by atoms with Gasteiger partial charge < -0.3 is 4.42 Å². The normalized spacial score (nSPS) is 26.6. The van der Waals surface area contributed by atoms with Crippen LogP contribution in [0.5, 0.6) is 0 Å². The first-order valence-corrected chi connectivity index (χ1v) is 10.3. The summed E-state index contributed by atoms with van der Waals surface area (Å²) in [5, 5.41) is 7.92. The van der Waals surface area contributed by atoms with Gasteiger partial charge in [-0.15, -0.1) is 10.2 Å². The minimum Gasteiger partial charge on any atom is -0.424 e. The molecular weight excluding hydrogens is 340 g/mol. The summed E-state index contributed by atoms with van der Waals surface area (Å²) < 4.78 is 30.1. The van der Waals surface area contributed by atoms with Crippen molar-refractivity contribution >= 4 is 9.84 Å². The van der Waals surface area contributed by atoms with E-state index >= 15 is 0 Å². The van der Waals surface area contributed by atoms with E-state index in [1.54, 1.807) is 6.92 Å². The highest BCUT2D eigenvalue weighted by molar-refractivity contribution is 7.91. The average molecular weight is 362 g/mol. The lowest BCUT2D eigenvalue weighted by Gasteiger charge is -2.43. The lowest BCUT2D eigenvalue weighted by atomic mass is 10.0. The van der Waals surface area contributed by atoms with Crippen molar-refractivity contribution < 1.29 is 12.8 Å². The first kappa shape index (κ1) is 16.7. The van der Waals surface area contributed by atoms with Gasteiger partial charge in [-0.1, -0.05) is 30.3 Å². The summed E-state index contributed by atoms with van der Waals surface area (Å²) in [6.45, 7) is 4.68. The molecule has 134 valence electrons. The molecule has 2 aromatic rings. The topological polar surface area (TPSA) is 79.5 Å². The smallest absolute Gasteiger partial charge is 0.230 e. The van der Waals surface area contributed by atoms with Crippen LogP contribution in [-0.4, -0.2) is 65.1 Å². The molecule has 0 spiro atoms. The molecule has 0 unspecified atom stereocenters. The van der Waals surface area contributed by atoms with Crippen LogP contribution >= 0.6 is 0 Å². The van der Waals surface area contributed by atoms with Gasteiger partial charge in [0.25, 0.3) is 0 Å². The van der Waals surface area contributed by atoms with Gasteiger partial charge in [-0.25, -0.2) is 8.42 Å². The Morgan fingerprint density at radius 3 is 2.28 bits per heavy atom. The molecule has 0 amide bonds. The van der Waals surface area contributed by atoms with E-state index in [2.05, 4.69) is 32.1 Å². The zero-order chi connectivity index (χ0) is 17.4. The van der Waals surface area contributed by atoms with Crippen molar-refractivity contribution in [1.82, 2.24) is 20.0 Å². The molecule has 8 heteroatoms. The average Bonchev–Trinajstić information content (AvgIpc) is 3.13. The first-order valence-electron chi connectivity index (χ1n) is 8.52. The predicted molar refractivity (Wildman–Crippen MR) is 92.5 cm³/mol.